The summed E-state index contributed by atoms with van der Waals surface area (Å²) >= 11 is 0. The molecule has 1 saturated carbocycles. The quantitative estimate of drug-likeness (QED) is 0.754. The van der Waals surface area contributed by atoms with Crippen LogP contribution >= 0.6 is 0 Å². The van der Waals surface area contributed by atoms with Crippen molar-refractivity contribution in [1.29, 1.82) is 0 Å². The first-order valence-corrected chi connectivity index (χ1v) is 6.54. The van der Waals surface area contributed by atoms with Gasteiger partial charge in [0.05, 0.1) is 0 Å². The molecular formula is C12H23N3O. The molecule has 2 fully saturated rings. The summed E-state index contributed by atoms with van der Waals surface area (Å²) < 4.78 is 0. The second-order valence-electron chi connectivity index (χ2n) is 5.03. The van der Waals surface area contributed by atoms with Gasteiger partial charge in [-0.05, 0) is 44.7 Å². The van der Waals surface area contributed by atoms with Crippen molar-refractivity contribution < 1.29 is 4.79 Å². The molecule has 1 atom stereocenters. The Bertz CT molecular complexity index is 240. The molecule has 1 saturated heterocycles. The van der Waals surface area contributed by atoms with Gasteiger partial charge in [0, 0.05) is 19.1 Å². The summed E-state index contributed by atoms with van der Waals surface area (Å²) in [5, 5.41) is 5.99. The van der Waals surface area contributed by atoms with Crippen LogP contribution in [0.3, 0.4) is 0 Å². The number of likely N-dealkylation sites (tertiary alicyclic amines) is 1. The summed E-state index contributed by atoms with van der Waals surface area (Å²) in [4.78, 5) is 14.0. The van der Waals surface area contributed by atoms with Crippen LogP contribution in [0.1, 0.15) is 32.6 Å². The highest BCUT2D eigenvalue weighted by molar-refractivity contribution is 5.74. The van der Waals surface area contributed by atoms with Gasteiger partial charge in [-0.15, -0.1) is 0 Å². The third kappa shape index (κ3) is 3.11. The SMILES string of the molecule is CCN1CCC(CNC(=O)NC2CCC2)C1. The maximum Gasteiger partial charge on any atom is 0.315 e. The molecule has 2 rings (SSSR count). The summed E-state index contributed by atoms with van der Waals surface area (Å²) in [5.41, 5.74) is 0. The van der Waals surface area contributed by atoms with Crippen LogP contribution in [-0.2, 0) is 0 Å². The van der Waals surface area contributed by atoms with Crippen LogP contribution in [-0.4, -0.2) is 43.2 Å². The van der Waals surface area contributed by atoms with Gasteiger partial charge < -0.3 is 15.5 Å². The molecule has 0 aromatic carbocycles. The highest BCUT2D eigenvalue weighted by Gasteiger charge is 2.23. The van der Waals surface area contributed by atoms with E-state index in [1.165, 1.54) is 19.4 Å². The zero-order valence-corrected chi connectivity index (χ0v) is 10.2. The average Bonchev–Trinajstić information content (AvgIpc) is 2.68. The van der Waals surface area contributed by atoms with Gasteiger partial charge in [0.25, 0.3) is 0 Å². The van der Waals surface area contributed by atoms with Crippen LogP contribution in [0.2, 0.25) is 0 Å². The van der Waals surface area contributed by atoms with E-state index in [2.05, 4.69) is 22.5 Å². The molecule has 4 heteroatoms. The molecule has 1 aliphatic heterocycles. The van der Waals surface area contributed by atoms with Gasteiger partial charge >= 0.3 is 6.03 Å². The predicted molar refractivity (Wildman–Crippen MR) is 64.4 cm³/mol. The smallest absolute Gasteiger partial charge is 0.315 e. The Hall–Kier alpha value is -0.770. The summed E-state index contributed by atoms with van der Waals surface area (Å²) in [5.74, 6) is 0.645. The lowest BCUT2D eigenvalue weighted by molar-refractivity contribution is 0.226. The first kappa shape index (κ1) is 11.7. The van der Waals surface area contributed by atoms with Crippen molar-refractivity contribution in [2.45, 2.75) is 38.6 Å². The molecule has 0 spiro atoms. The fraction of sp³-hybridized carbons (Fsp3) is 0.917. The van der Waals surface area contributed by atoms with Gasteiger partial charge in [-0.3, -0.25) is 0 Å². The van der Waals surface area contributed by atoms with E-state index in [1.54, 1.807) is 0 Å². The molecule has 0 bridgehead atoms. The number of nitrogens with zero attached hydrogens (tertiary/aromatic N) is 1. The second kappa shape index (κ2) is 5.53. The van der Waals surface area contributed by atoms with Gasteiger partial charge in [0.2, 0.25) is 0 Å². The van der Waals surface area contributed by atoms with E-state index < -0.39 is 0 Å². The molecule has 1 aliphatic carbocycles. The molecule has 92 valence electrons. The lowest BCUT2D eigenvalue weighted by Crippen LogP contribution is -2.46. The van der Waals surface area contributed by atoms with Crippen LogP contribution in [0.5, 0.6) is 0 Å². The van der Waals surface area contributed by atoms with Crippen molar-refractivity contribution in [1.82, 2.24) is 15.5 Å². The minimum atomic E-state index is 0.0275. The lowest BCUT2D eigenvalue weighted by Gasteiger charge is -2.26. The maximum absolute atomic E-state index is 11.5. The molecule has 0 aromatic heterocycles. The minimum absolute atomic E-state index is 0.0275. The van der Waals surface area contributed by atoms with E-state index in [0.717, 1.165) is 32.5 Å². The van der Waals surface area contributed by atoms with Crippen molar-refractivity contribution in [3.8, 4) is 0 Å². The Balaban J connectivity index is 1.58. The standard InChI is InChI=1S/C12H23N3O/c1-2-15-7-6-10(9-15)8-13-12(16)14-11-4-3-5-11/h10-11H,2-9H2,1H3,(H2,13,14,16). The van der Waals surface area contributed by atoms with Gasteiger partial charge in [-0.25, -0.2) is 4.79 Å². The minimum Gasteiger partial charge on any atom is -0.338 e. The third-order valence-electron chi connectivity index (χ3n) is 3.81. The summed E-state index contributed by atoms with van der Waals surface area (Å²) in [6.07, 6.45) is 4.79. The van der Waals surface area contributed by atoms with Crippen LogP contribution in [0.15, 0.2) is 0 Å². The Morgan fingerprint density at radius 3 is 2.75 bits per heavy atom. The first-order valence-electron chi connectivity index (χ1n) is 6.54. The van der Waals surface area contributed by atoms with Crippen molar-refractivity contribution in [2.24, 2.45) is 5.92 Å². The fourth-order valence-corrected chi connectivity index (χ4v) is 2.39. The van der Waals surface area contributed by atoms with Gasteiger partial charge in [0.15, 0.2) is 0 Å². The summed E-state index contributed by atoms with van der Waals surface area (Å²) in [6.45, 7) is 6.48. The third-order valence-corrected chi connectivity index (χ3v) is 3.81. The molecule has 4 nitrogen and oxygen atoms in total. The second-order valence-corrected chi connectivity index (χ2v) is 5.03. The van der Waals surface area contributed by atoms with E-state index in [9.17, 15) is 4.79 Å². The largest absolute Gasteiger partial charge is 0.338 e. The molecule has 2 aliphatic rings. The van der Waals surface area contributed by atoms with Crippen LogP contribution in [0.25, 0.3) is 0 Å². The molecule has 1 heterocycles. The first-order chi connectivity index (χ1) is 7.78. The zero-order chi connectivity index (χ0) is 11.4. The number of hydrogen-bond acceptors (Lipinski definition) is 2. The van der Waals surface area contributed by atoms with Crippen LogP contribution in [0, 0.1) is 5.92 Å². The highest BCUT2D eigenvalue weighted by Crippen LogP contribution is 2.18. The molecule has 0 aromatic rings. The number of rotatable bonds is 4. The van der Waals surface area contributed by atoms with Crippen molar-refractivity contribution in [3.63, 3.8) is 0 Å². The van der Waals surface area contributed by atoms with Gasteiger partial charge in [-0.2, -0.15) is 0 Å². The van der Waals surface area contributed by atoms with E-state index in [-0.39, 0.29) is 6.03 Å². The maximum atomic E-state index is 11.5. The average molecular weight is 225 g/mol. The predicted octanol–water partition coefficient (Wildman–Crippen LogP) is 1.18. The molecular weight excluding hydrogens is 202 g/mol. The van der Waals surface area contributed by atoms with Crippen LogP contribution in [0.4, 0.5) is 4.79 Å². The molecule has 2 N–H and O–H groups in total. The Labute approximate surface area is 97.8 Å². The normalized spacial score (nSPS) is 26.4. The number of amides is 2. The van der Waals surface area contributed by atoms with Crippen molar-refractivity contribution >= 4 is 6.03 Å². The highest BCUT2D eigenvalue weighted by atomic mass is 16.2. The number of urea groups is 1. The monoisotopic (exact) mass is 225 g/mol. The van der Waals surface area contributed by atoms with Gasteiger partial charge in [-0.1, -0.05) is 6.92 Å². The van der Waals surface area contributed by atoms with E-state index in [1.807, 2.05) is 0 Å². The Morgan fingerprint density at radius 2 is 2.19 bits per heavy atom. The molecule has 16 heavy (non-hydrogen) atoms. The number of nitrogens with one attached hydrogen (secondary N) is 2. The Kier molecular flexibility index (Phi) is 4.04. The fourth-order valence-electron chi connectivity index (χ4n) is 2.39. The molecule has 1 unspecified atom stereocenters. The molecule has 2 amide bonds. The topological polar surface area (TPSA) is 44.4 Å². The van der Waals surface area contributed by atoms with Crippen LogP contribution < -0.4 is 10.6 Å². The lowest BCUT2D eigenvalue weighted by atomic mass is 9.93. The number of hydrogen-bond donors (Lipinski definition) is 2. The number of carbonyl (C=O) groups excluding carboxylic acids is 1. The van der Waals surface area contributed by atoms with Gasteiger partial charge in [0.1, 0.15) is 0 Å². The number of carbonyl (C=O) groups is 1. The van der Waals surface area contributed by atoms with Crippen molar-refractivity contribution in [3.05, 3.63) is 0 Å². The molecule has 0 radical (unpaired) electrons. The Morgan fingerprint density at radius 1 is 1.38 bits per heavy atom. The summed E-state index contributed by atoms with van der Waals surface area (Å²) in [6, 6.07) is 0.468. The van der Waals surface area contributed by atoms with Crippen molar-refractivity contribution in [2.75, 3.05) is 26.2 Å². The van der Waals surface area contributed by atoms with E-state index in [0.29, 0.717) is 12.0 Å². The zero-order valence-electron chi connectivity index (χ0n) is 10.2. The van der Waals surface area contributed by atoms with E-state index in [4.69, 9.17) is 0 Å². The van der Waals surface area contributed by atoms with E-state index >= 15 is 0 Å². The summed E-state index contributed by atoms with van der Waals surface area (Å²) in [7, 11) is 0.